The van der Waals surface area contributed by atoms with Crippen LogP contribution in [0.5, 0.6) is 11.5 Å². The zero-order valence-electron chi connectivity index (χ0n) is 15.4. The first kappa shape index (κ1) is 20.5. The smallest absolute Gasteiger partial charge is 0.406 e. The fourth-order valence-corrected chi connectivity index (χ4v) is 2.73. The number of rotatable bonds is 7. The van der Waals surface area contributed by atoms with Crippen LogP contribution >= 0.6 is 0 Å². The number of ether oxygens (including phenoxy) is 2. The number of hydrogen-bond donors (Lipinski definition) is 0. The third kappa shape index (κ3) is 4.90. The summed E-state index contributed by atoms with van der Waals surface area (Å²) in [4.78, 5) is 23.8. The largest absolute Gasteiger partial charge is 0.493 e. The van der Waals surface area contributed by atoms with Gasteiger partial charge in [-0.2, -0.15) is 13.2 Å². The highest BCUT2D eigenvalue weighted by Crippen LogP contribution is 2.29. The van der Waals surface area contributed by atoms with Crippen molar-refractivity contribution in [3.8, 4) is 11.5 Å². The van der Waals surface area contributed by atoms with Gasteiger partial charge in [0.1, 0.15) is 6.54 Å². The average Bonchev–Trinajstić information content (AvgIpc) is 2.86. The van der Waals surface area contributed by atoms with E-state index in [1.807, 2.05) is 0 Å². The molecule has 0 aliphatic carbocycles. The number of benzene rings is 1. The number of hydrogen-bond acceptors (Lipinski definition) is 4. The maximum absolute atomic E-state index is 12.7. The second-order valence-corrected chi connectivity index (χ2v) is 6.12. The van der Waals surface area contributed by atoms with E-state index < -0.39 is 18.5 Å². The number of methoxy groups -OCH3 is 1. The summed E-state index contributed by atoms with van der Waals surface area (Å²) in [6.45, 7) is 2.87. The van der Waals surface area contributed by atoms with Gasteiger partial charge in [0, 0.05) is 22.5 Å². The van der Waals surface area contributed by atoms with E-state index in [-0.39, 0.29) is 35.1 Å². The standard InChI is InChI=1S/C19H20F3NO4/c1-11-7-15(12(2)23(11)10-19(20,21)22)16(25)9-27-17-6-5-14(13(3)24)8-18(17)26-4/h5-8H,9-10H2,1-4H3. The van der Waals surface area contributed by atoms with Gasteiger partial charge in [0.15, 0.2) is 23.9 Å². The highest BCUT2D eigenvalue weighted by Gasteiger charge is 2.30. The molecule has 0 radical (unpaired) electrons. The van der Waals surface area contributed by atoms with E-state index in [1.54, 1.807) is 6.07 Å². The third-order valence-electron chi connectivity index (χ3n) is 4.14. The molecule has 0 N–H and O–H groups in total. The van der Waals surface area contributed by atoms with E-state index in [2.05, 4.69) is 0 Å². The van der Waals surface area contributed by atoms with Gasteiger partial charge in [0.25, 0.3) is 0 Å². The second-order valence-electron chi connectivity index (χ2n) is 6.12. The van der Waals surface area contributed by atoms with Gasteiger partial charge in [-0.3, -0.25) is 9.59 Å². The van der Waals surface area contributed by atoms with Gasteiger partial charge in [-0.05, 0) is 45.0 Å². The predicted molar refractivity (Wildman–Crippen MR) is 92.8 cm³/mol. The van der Waals surface area contributed by atoms with Crippen LogP contribution in [0.15, 0.2) is 24.3 Å². The first-order chi connectivity index (χ1) is 12.5. The molecule has 0 saturated heterocycles. The molecule has 2 rings (SSSR count). The third-order valence-corrected chi connectivity index (χ3v) is 4.14. The van der Waals surface area contributed by atoms with E-state index in [1.165, 1.54) is 46.1 Å². The average molecular weight is 383 g/mol. The summed E-state index contributed by atoms with van der Waals surface area (Å²) in [6.07, 6.45) is -4.38. The normalized spacial score (nSPS) is 11.4. The molecule has 0 atom stereocenters. The number of halogens is 3. The Morgan fingerprint density at radius 2 is 1.78 bits per heavy atom. The lowest BCUT2D eigenvalue weighted by Gasteiger charge is -2.13. The van der Waals surface area contributed by atoms with Gasteiger partial charge in [-0.15, -0.1) is 0 Å². The molecule has 146 valence electrons. The monoisotopic (exact) mass is 383 g/mol. The molecule has 0 fully saturated rings. The van der Waals surface area contributed by atoms with Crippen molar-refractivity contribution in [1.82, 2.24) is 4.57 Å². The summed E-state index contributed by atoms with van der Waals surface area (Å²) in [5, 5.41) is 0. The summed E-state index contributed by atoms with van der Waals surface area (Å²) in [6, 6.07) is 5.97. The minimum Gasteiger partial charge on any atom is -0.493 e. The van der Waals surface area contributed by atoms with Crippen molar-refractivity contribution in [3.05, 3.63) is 46.8 Å². The molecule has 0 unspecified atom stereocenters. The van der Waals surface area contributed by atoms with Crippen molar-refractivity contribution in [3.63, 3.8) is 0 Å². The Kier molecular flexibility index (Phi) is 5.98. The fraction of sp³-hybridized carbons (Fsp3) is 0.368. The number of nitrogens with zero attached hydrogens (tertiary/aromatic N) is 1. The maximum atomic E-state index is 12.7. The molecule has 27 heavy (non-hydrogen) atoms. The Bertz CT molecular complexity index is 869. The van der Waals surface area contributed by atoms with E-state index in [9.17, 15) is 22.8 Å². The highest BCUT2D eigenvalue weighted by molar-refractivity contribution is 5.98. The van der Waals surface area contributed by atoms with Gasteiger partial charge in [-0.25, -0.2) is 0 Å². The van der Waals surface area contributed by atoms with Crippen LogP contribution in [0, 0.1) is 13.8 Å². The minimum atomic E-state index is -4.38. The lowest BCUT2D eigenvalue weighted by Crippen LogP contribution is -2.20. The van der Waals surface area contributed by atoms with Crippen LogP contribution in [0.25, 0.3) is 0 Å². The first-order valence-corrected chi connectivity index (χ1v) is 8.12. The van der Waals surface area contributed by atoms with Crippen LogP contribution in [-0.2, 0) is 6.54 Å². The van der Waals surface area contributed by atoms with Crippen molar-refractivity contribution in [2.75, 3.05) is 13.7 Å². The number of Topliss-reactive ketones (excluding diaryl/α,β-unsaturated/α-hetero) is 2. The quantitative estimate of drug-likeness (QED) is 0.675. The van der Waals surface area contributed by atoms with Gasteiger partial charge >= 0.3 is 6.18 Å². The summed E-state index contributed by atoms with van der Waals surface area (Å²) in [5.74, 6) is -0.0414. The highest BCUT2D eigenvalue weighted by atomic mass is 19.4. The topological polar surface area (TPSA) is 57.5 Å². The molecule has 0 spiro atoms. The van der Waals surface area contributed by atoms with Gasteiger partial charge in [0.05, 0.1) is 7.11 Å². The molecule has 0 aliphatic rings. The van der Waals surface area contributed by atoms with Crippen LogP contribution < -0.4 is 9.47 Å². The molecule has 1 heterocycles. The lowest BCUT2D eigenvalue weighted by atomic mass is 10.1. The molecule has 1 aromatic carbocycles. The Hall–Kier alpha value is -2.77. The van der Waals surface area contributed by atoms with Crippen LogP contribution in [0.4, 0.5) is 13.2 Å². The zero-order chi connectivity index (χ0) is 20.4. The molecule has 0 bridgehead atoms. The van der Waals surface area contributed by atoms with Gasteiger partial charge < -0.3 is 14.0 Å². The summed E-state index contributed by atoms with van der Waals surface area (Å²) >= 11 is 0. The minimum absolute atomic E-state index is 0.145. The van der Waals surface area contributed by atoms with Crippen LogP contribution in [-0.4, -0.2) is 36.0 Å². The molecular weight excluding hydrogens is 363 g/mol. The van der Waals surface area contributed by atoms with Gasteiger partial charge in [0.2, 0.25) is 5.78 Å². The Labute approximate surface area is 154 Å². The summed E-state index contributed by atoms with van der Waals surface area (Å²) in [5.41, 5.74) is 1.19. The van der Waals surface area contributed by atoms with Crippen molar-refractivity contribution in [2.24, 2.45) is 0 Å². The van der Waals surface area contributed by atoms with E-state index in [4.69, 9.17) is 9.47 Å². The van der Waals surface area contributed by atoms with Crippen LogP contribution in [0.1, 0.15) is 39.0 Å². The Morgan fingerprint density at radius 1 is 1.11 bits per heavy atom. The summed E-state index contributed by atoms with van der Waals surface area (Å²) < 4.78 is 49.7. The number of carbonyl (C=O) groups is 2. The Morgan fingerprint density at radius 3 is 2.33 bits per heavy atom. The number of alkyl halides is 3. The van der Waals surface area contributed by atoms with Gasteiger partial charge in [-0.1, -0.05) is 0 Å². The number of ketones is 2. The molecule has 0 amide bonds. The van der Waals surface area contributed by atoms with E-state index in [0.29, 0.717) is 11.3 Å². The second kappa shape index (κ2) is 7.85. The number of carbonyl (C=O) groups excluding carboxylic acids is 2. The van der Waals surface area contributed by atoms with Crippen molar-refractivity contribution in [1.29, 1.82) is 0 Å². The zero-order valence-corrected chi connectivity index (χ0v) is 15.4. The van der Waals surface area contributed by atoms with Crippen molar-refractivity contribution < 1.29 is 32.2 Å². The van der Waals surface area contributed by atoms with E-state index >= 15 is 0 Å². The first-order valence-electron chi connectivity index (χ1n) is 8.12. The molecule has 8 heteroatoms. The fourth-order valence-electron chi connectivity index (χ4n) is 2.73. The van der Waals surface area contributed by atoms with Crippen molar-refractivity contribution >= 4 is 11.6 Å². The molecule has 0 aliphatic heterocycles. The Balaban J connectivity index is 2.17. The maximum Gasteiger partial charge on any atom is 0.406 e. The van der Waals surface area contributed by atoms with E-state index in [0.717, 1.165) is 4.57 Å². The molecule has 5 nitrogen and oxygen atoms in total. The predicted octanol–water partition coefficient (Wildman–Crippen LogP) is 4.14. The lowest BCUT2D eigenvalue weighted by molar-refractivity contribution is -0.141. The molecule has 0 saturated carbocycles. The number of aryl methyl sites for hydroxylation is 1. The van der Waals surface area contributed by atoms with Crippen molar-refractivity contribution in [2.45, 2.75) is 33.5 Å². The number of aromatic nitrogens is 1. The molecule has 2 aromatic rings. The molecular formula is C19H20F3NO4. The van der Waals surface area contributed by atoms with Crippen LogP contribution in [0.2, 0.25) is 0 Å². The van der Waals surface area contributed by atoms with Crippen LogP contribution in [0.3, 0.4) is 0 Å². The summed E-state index contributed by atoms with van der Waals surface area (Å²) in [7, 11) is 1.40. The SMILES string of the molecule is COc1cc(C(C)=O)ccc1OCC(=O)c1cc(C)n(CC(F)(F)F)c1C. The molecule has 1 aromatic heterocycles.